The molecule has 8 nitrogen and oxygen atoms in total. The maximum atomic E-state index is 12.8. The second-order valence-corrected chi connectivity index (χ2v) is 9.68. The molecule has 0 N–H and O–H groups in total. The molecule has 34 heavy (non-hydrogen) atoms. The van der Waals surface area contributed by atoms with Crippen molar-refractivity contribution in [3.63, 3.8) is 0 Å². The van der Waals surface area contributed by atoms with E-state index in [-0.39, 0.29) is 11.8 Å². The summed E-state index contributed by atoms with van der Waals surface area (Å²) in [5.41, 5.74) is 1.53. The quantitative estimate of drug-likeness (QED) is 0.521. The molecule has 0 radical (unpaired) electrons. The maximum absolute atomic E-state index is 12.8. The summed E-state index contributed by atoms with van der Waals surface area (Å²) in [7, 11) is 0. The number of carbonyl (C=O) groups excluding carboxylic acids is 2. The minimum Gasteiger partial charge on any atom is -0.489 e. The molecule has 5 rings (SSSR count). The molecule has 0 aliphatic carbocycles. The Kier molecular flexibility index (Phi) is 6.75. The van der Waals surface area contributed by atoms with Crippen LogP contribution in [0.5, 0.6) is 5.75 Å². The van der Waals surface area contributed by atoms with Crippen LogP contribution in [0.1, 0.15) is 25.7 Å². The zero-order valence-corrected chi connectivity index (χ0v) is 20.0. The van der Waals surface area contributed by atoms with Gasteiger partial charge in [0.2, 0.25) is 0 Å². The largest absolute Gasteiger partial charge is 0.489 e. The fraction of sp³-hybridized carbons (Fsp3) is 0.333. The Balaban J connectivity index is 1.07. The van der Waals surface area contributed by atoms with Gasteiger partial charge in [-0.25, -0.2) is 4.98 Å². The minimum atomic E-state index is 0.0109. The number of ether oxygens (including phenoxy) is 1. The average molecular weight is 498 g/mol. The van der Waals surface area contributed by atoms with E-state index in [1.165, 1.54) is 11.3 Å². The molecule has 0 saturated carbocycles. The molecule has 4 heterocycles. The number of halogens is 1. The van der Waals surface area contributed by atoms with Crippen LogP contribution in [-0.2, 0) is 6.61 Å². The number of rotatable bonds is 6. The van der Waals surface area contributed by atoms with Crippen LogP contribution in [0.2, 0.25) is 5.02 Å². The molecular formula is C24H24ClN5O3S. The van der Waals surface area contributed by atoms with Crippen molar-refractivity contribution in [2.45, 2.75) is 12.6 Å². The number of hydrogen-bond donors (Lipinski definition) is 0. The zero-order chi connectivity index (χ0) is 23.5. The summed E-state index contributed by atoms with van der Waals surface area (Å²) in [6, 6.07) is 9.36. The van der Waals surface area contributed by atoms with Gasteiger partial charge in [0.25, 0.3) is 11.8 Å². The SMILES string of the molecule is O=C(c1ccc(OCc2cncc(Cl)c2)cc1)N1CC(N2CCN(C(=O)c3nccs3)CC2)C1. The topological polar surface area (TPSA) is 78.9 Å². The van der Waals surface area contributed by atoms with Gasteiger partial charge in [0.15, 0.2) is 5.01 Å². The maximum Gasteiger partial charge on any atom is 0.282 e. The lowest BCUT2D eigenvalue weighted by Crippen LogP contribution is -2.64. The van der Waals surface area contributed by atoms with E-state index in [4.69, 9.17) is 16.3 Å². The van der Waals surface area contributed by atoms with E-state index in [1.807, 2.05) is 21.2 Å². The third-order valence-electron chi connectivity index (χ3n) is 6.15. The standard InChI is InChI=1S/C24H24ClN5O3S/c25-19-11-17(12-26-13-19)16-33-21-3-1-18(2-4-21)23(31)30-14-20(15-30)28-6-8-29(9-7-28)24(32)22-27-5-10-34-22/h1-5,10-13,20H,6-9,14-16H2. The van der Waals surface area contributed by atoms with E-state index in [9.17, 15) is 9.59 Å². The first-order chi connectivity index (χ1) is 16.6. The van der Waals surface area contributed by atoms with Gasteiger partial charge in [0.05, 0.1) is 5.02 Å². The molecule has 0 atom stereocenters. The molecule has 3 aromatic rings. The Labute approximate surface area is 206 Å². The molecular weight excluding hydrogens is 474 g/mol. The van der Waals surface area contributed by atoms with Gasteiger partial charge in [-0.3, -0.25) is 19.5 Å². The summed E-state index contributed by atoms with van der Waals surface area (Å²) >= 11 is 7.32. The number of thiazole rings is 1. The second kappa shape index (κ2) is 10.1. The number of piperazine rings is 1. The van der Waals surface area contributed by atoms with Crippen molar-refractivity contribution in [2.24, 2.45) is 0 Å². The molecule has 2 aliphatic heterocycles. The van der Waals surface area contributed by atoms with Crippen molar-refractivity contribution in [3.8, 4) is 5.75 Å². The van der Waals surface area contributed by atoms with Crippen LogP contribution >= 0.6 is 22.9 Å². The van der Waals surface area contributed by atoms with Crippen LogP contribution in [0.15, 0.2) is 54.3 Å². The summed E-state index contributed by atoms with van der Waals surface area (Å²) in [5, 5.41) is 2.94. The number of pyridine rings is 1. The first-order valence-electron chi connectivity index (χ1n) is 11.1. The van der Waals surface area contributed by atoms with E-state index in [0.717, 1.165) is 18.7 Å². The lowest BCUT2D eigenvalue weighted by molar-refractivity contribution is 0.00853. The van der Waals surface area contributed by atoms with Crippen LogP contribution in [0.4, 0.5) is 0 Å². The highest BCUT2D eigenvalue weighted by molar-refractivity contribution is 7.11. The fourth-order valence-corrected chi connectivity index (χ4v) is 4.98. The summed E-state index contributed by atoms with van der Waals surface area (Å²) < 4.78 is 5.77. The molecule has 10 heteroatoms. The molecule has 2 aliphatic rings. The van der Waals surface area contributed by atoms with Crippen LogP contribution in [0.25, 0.3) is 0 Å². The molecule has 2 amide bonds. The molecule has 0 unspecified atom stereocenters. The van der Waals surface area contributed by atoms with Crippen LogP contribution in [0.3, 0.4) is 0 Å². The third kappa shape index (κ3) is 5.06. The Morgan fingerprint density at radius 2 is 1.79 bits per heavy atom. The first-order valence-corrected chi connectivity index (χ1v) is 12.4. The summed E-state index contributed by atoms with van der Waals surface area (Å²) in [6.07, 6.45) is 4.95. The van der Waals surface area contributed by atoms with E-state index in [2.05, 4.69) is 14.9 Å². The number of likely N-dealkylation sites (tertiary alicyclic amines) is 1. The zero-order valence-electron chi connectivity index (χ0n) is 18.5. The Morgan fingerprint density at radius 3 is 2.47 bits per heavy atom. The fourth-order valence-electron chi connectivity index (χ4n) is 4.18. The van der Waals surface area contributed by atoms with Crippen molar-refractivity contribution in [2.75, 3.05) is 39.3 Å². The van der Waals surface area contributed by atoms with Crippen molar-refractivity contribution in [1.29, 1.82) is 0 Å². The van der Waals surface area contributed by atoms with Gasteiger partial charge in [0, 0.05) is 80.4 Å². The van der Waals surface area contributed by atoms with E-state index in [0.29, 0.717) is 60.2 Å². The molecule has 2 saturated heterocycles. The van der Waals surface area contributed by atoms with Gasteiger partial charge in [-0.15, -0.1) is 11.3 Å². The van der Waals surface area contributed by atoms with Gasteiger partial charge >= 0.3 is 0 Å². The molecule has 2 fully saturated rings. The van der Waals surface area contributed by atoms with Crippen molar-refractivity contribution >= 4 is 34.8 Å². The lowest BCUT2D eigenvalue weighted by Gasteiger charge is -2.48. The summed E-state index contributed by atoms with van der Waals surface area (Å²) in [6.45, 7) is 4.79. The van der Waals surface area contributed by atoms with Gasteiger partial charge in [-0.2, -0.15) is 0 Å². The number of carbonyl (C=O) groups is 2. The number of nitrogens with zero attached hydrogens (tertiary/aromatic N) is 5. The highest BCUT2D eigenvalue weighted by Crippen LogP contribution is 2.22. The highest BCUT2D eigenvalue weighted by Gasteiger charge is 2.37. The normalized spacial score (nSPS) is 16.9. The number of benzene rings is 1. The molecule has 176 valence electrons. The van der Waals surface area contributed by atoms with Crippen molar-refractivity contribution in [1.82, 2.24) is 24.7 Å². The first kappa shape index (κ1) is 22.8. The third-order valence-corrected chi connectivity index (χ3v) is 7.12. The van der Waals surface area contributed by atoms with Crippen LogP contribution < -0.4 is 4.74 Å². The summed E-state index contributed by atoms with van der Waals surface area (Å²) in [4.78, 5) is 39.6. The van der Waals surface area contributed by atoms with Gasteiger partial charge in [0.1, 0.15) is 12.4 Å². The molecule has 0 spiro atoms. The predicted molar refractivity (Wildman–Crippen MR) is 129 cm³/mol. The minimum absolute atomic E-state index is 0.0109. The van der Waals surface area contributed by atoms with E-state index < -0.39 is 0 Å². The molecule has 0 bridgehead atoms. The number of amides is 2. The van der Waals surface area contributed by atoms with E-state index in [1.54, 1.807) is 42.9 Å². The van der Waals surface area contributed by atoms with Gasteiger partial charge in [-0.1, -0.05) is 11.6 Å². The van der Waals surface area contributed by atoms with Gasteiger partial charge in [-0.05, 0) is 30.3 Å². The average Bonchev–Trinajstić information content (AvgIpc) is 3.37. The Hall–Kier alpha value is -3.01. The molecule has 1 aromatic carbocycles. The van der Waals surface area contributed by atoms with Crippen molar-refractivity contribution in [3.05, 3.63) is 75.5 Å². The number of aromatic nitrogens is 2. The van der Waals surface area contributed by atoms with Gasteiger partial charge < -0.3 is 14.5 Å². The lowest BCUT2D eigenvalue weighted by atomic mass is 10.0. The summed E-state index contributed by atoms with van der Waals surface area (Å²) in [5.74, 6) is 0.722. The molecule has 2 aromatic heterocycles. The smallest absolute Gasteiger partial charge is 0.282 e. The Morgan fingerprint density at radius 1 is 1.03 bits per heavy atom. The van der Waals surface area contributed by atoms with E-state index >= 15 is 0 Å². The monoisotopic (exact) mass is 497 g/mol. The Bertz CT molecular complexity index is 1140. The second-order valence-electron chi connectivity index (χ2n) is 8.35. The highest BCUT2D eigenvalue weighted by atomic mass is 35.5. The van der Waals surface area contributed by atoms with Crippen molar-refractivity contribution < 1.29 is 14.3 Å². The predicted octanol–water partition coefficient (Wildman–Crippen LogP) is 3.05. The number of hydrogen-bond acceptors (Lipinski definition) is 7. The van der Waals surface area contributed by atoms with Crippen LogP contribution in [-0.4, -0.2) is 81.8 Å². The van der Waals surface area contributed by atoms with Crippen LogP contribution in [0, 0.1) is 0 Å².